The van der Waals surface area contributed by atoms with Crippen LogP contribution in [0.3, 0.4) is 0 Å². The normalized spacial score (nSPS) is 11.8. The zero-order valence-electron chi connectivity index (χ0n) is 11.1. The molecule has 0 spiro atoms. The summed E-state index contributed by atoms with van der Waals surface area (Å²) in [7, 11) is -2.08. The fourth-order valence-corrected chi connectivity index (χ4v) is 4.48. The number of carbonyl (C=O) groups excluding carboxylic acids is 1. The number of sulfonamides is 1. The van der Waals surface area contributed by atoms with Crippen molar-refractivity contribution in [3.8, 4) is 0 Å². The van der Waals surface area contributed by atoms with Crippen LogP contribution in [0.2, 0.25) is 0 Å². The van der Waals surface area contributed by atoms with Crippen molar-refractivity contribution in [1.29, 1.82) is 0 Å². The average Bonchev–Trinajstić information content (AvgIpc) is 2.84. The maximum atomic E-state index is 12.4. The second-order valence-electron chi connectivity index (χ2n) is 4.36. The molecular weight excluding hydrogens is 376 g/mol. The van der Waals surface area contributed by atoms with E-state index in [4.69, 9.17) is 5.73 Å². The highest BCUT2D eigenvalue weighted by Crippen LogP contribution is 2.25. The summed E-state index contributed by atoms with van der Waals surface area (Å²) in [6, 6.07) is 9.33. The van der Waals surface area contributed by atoms with Crippen LogP contribution in [0.15, 0.2) is 45.1 Å². The van der Waals surface area contributed by atoms with Gasteiger partial charge in [-0.3, -0.25) is 4.79 Å². The summed E-state index contributed by atoms with van der Waals surface area (Å²) in [6.07, 6.45) is 0. The van der Waals surface area contributed by atoms with E-state index in [1.807, 2.05) is 12.1 Å². The highest BCUT2D eigenvalue weighted by molar-refractivity contribution is 9.11. The third kappa shape index (κ3) is 3.70. The number of hydrogen-bond donors (Lipinski definition) is 1. The summed E-state index contributed by atoms with van der Waals surface area (Å²) >= 11 is 4.83. The van der Waals surface area contributed by atoms with E-state index in [0.717, 1.165) is 8.66 Å². The van der Waals surface area contributed by atoms with Gasteiger partial charge in [0.05, 0.1) is 8.68 Å². The van der Waals surface area contributed by atoms with E-state index < -0.39 is 15.9 Å². The van der Waals surface area contributed by atoms with Crippen LogP contribution < -0.4 is 5.73 Å². The molecular formula is C13H13BrN2O3S2. The van der Waals surface area contributed by atoms with Crippen LogP contribution in [0.1, 0.15) is 15.2 Å². The van der Waals surface area contributed by atoms with Gasteiger partial charge in [-0.2, -0.15) is 4.31 Å². The Balaban J connectivity index is 2.22. The second kappa shape index (κ2) is 6.27. The van der Waals surface area contributed by atoms with Gasteiger partial charge >= 0.3 is 0 Å². The molecule has 0 saturated heterocycles. The van der Waals surface area contributed by atoms with E-state index in [1.54, 1.807) is 0 Å². The average molecular weight is 389 g/mol. The number of nitrogens with two attached hydrogens (primary N) is 1. The standard InChI is InChI=1S/C13H13BrN2O3S2/c1-16(8-10-4-7-12(14)20-10)21(18,19)11-5-2-9(3-6-11)13(15)17/h2-7H,8H2,1H3,(H2,15,17). The van der Waals surface area contributed by atoms with E-state index in [-0.39, 0.29) is 17.0 Å². The van der Waals surface area contributed by atoms with Crippen LogP contribution in [0.25, 0.3) is 0 Å². The molecule has 2 aromatic rings. The monoisotopic (exact) mass is 388 g/mol. The van der Waals surface area contributed by atoms with E-state index >= 15 is 0 Å². The van der Waals surface area contributed by atoms with Gasteiger partial charge in [0.2, 0.25) is 15.9 Å². The molecule has 8 heteroatoms. The molecule has 0 radical (unpaired) electrons. The van der Waals surface area contributed by atoms with Gasteiger partial charge in [0, 0.05) is 24.0 Å². The summed E-state index contributed by atoms with van der Waals surface area (Å²) in [6.45, 7) is 0.288. The first-order valence-electron chi connectivity index (χ1n) is 5.91. The topological polar surface area (TPSA) is 80.5 Å². The Kier molecular flexibility index (Phi) is 4.82. The van der Waals surface area contributed by atoms with Crippen molar-refractivity contribution < 1.29 is 13.2 Å². The zero-order chi connectivity index (χ0) is 15.6. The number of halogens is 1. The molecule has 0 bridgehead atoms. The molecule has 1 aromatic carbocycles. The largest absolute Gasteiger partial charge is 0.366 e. The van der Waals surface area contributed by atoms with Gasteiger partial charge in [0.1, 0.15) is 0 Å². The first-order valence-corrected chi connectivity index (χ1v) is 8.96. The number of primary amides is 1. The lowest BCUT2D eigenvalue weighted by molar-refractivity contribution is 0.1000. The van der Waals surface area contributed by atoms with Crippen molar-refractivity contribution in [2.75, 3.05) is 7.05 Å². The van der Waals surface area contributed by atoms with Crippen molar-refractivity contribution in [3.05, 3.63) is 50.6 Å². The summed E-state index contributed by atoms with van der Waals surface area (Å²) < 4.78 is 27.1. The van der Waals surface area contributed by atoms with Crippen molar-refractivity contribution in [3.63, 3.8) is 0 Å². The smallest absolute Gasteiger partial charge is 0.248 e. The Morgan fingerprint density at radius 1 is 1.24 bits per heavy atom. The van der Waals surface area contributed by atoms with Crippen LogP contribution in [-0.4, -0.2) is 25.7 Å². The summed E-state index contributed by atoms with van der Waals surface area (Å²) in [4.78, 5) is 12.1. The van der Waals surface area contributed by atoms with Crippen molar-refractivity contribution in [2.24, 2.45) is 5.73 Å². The van der Waals surface area contributed by atoms with Crippen LogP contribution in [0, 0.1) is 0 Å². The number of carbonyl (C=O) groups is 1. The van der Waals surface area contributed by atoms with Crippen LogP contribution >= 0.6 is 27.3 Å². The Labute approximate surface area is 135 Å². The maximum Gasteiger partial charge on any atom is 0.248 e. The minimum Gasteiger partial charge on any atom is -0.366 e. The Bertz CT molecular complexity index is 754. The Morgan fingerprint density at radius 2 is 1.86 bits per heavy atom. The summed E-state index contributed by atoms with van der Waals surface area (Å²) in [5.74, 6) is -0.587. The number of benzene rings is 1. The minimum atomic E-state index is -3.60. The molecule has 0 unspecified atom stereocenters. The lowest BCUT2D eigenvalue weighted by atomic mass is 10.2. The third-order valence-electron chi connectivity index (χ3n) is 2.85. The molecule has 112 valence electrons. The van der Waals surface area contributed by atoms with Gasteiger partial charge < -0.3 is 5.73 Å². The molecule has 0 atom stereocenters. The van der Waals surface area contributed by atoms with Gasteiger partial charge in [-0.15, -0.1) is 11.3 Å². The fourth-order valence-electron chi connectivity index (χ4n) is 1.71. The number of rotatable bonds is 5. The Hall–Kier alpha value is -1.22. The number of amides is 1. The molecule has 0 saturated carbocycles. The lowest BCUT2D eigenvalue weighted by Crippen LogP contribution is -2.26. The molecule has 21 heavy (non-hydrogen) atoms. The maximum absolute atomic E-state index is 12.4. The van der Waals surface area contributed by atoms with Crippen LogP contribution in [0.4, 0.5) is 0 Å². The first kappa shape index (κ1) is 16.2. The quantitative estimate of drug-likeness (QED) is 0.853. The molecule has 5 nitrogen and oxygen atoms in total. The molecule has 1 heterocycles. The first-order chi connectivity index (χ1) is 9.80. The fraction of sp³-hybridized carbons (Fsp3) is 0.154. The van der Waals surface area contributed by atoms with E-state index in [1.165, 1.54) is 47.0 Å². The molecule has 2 rings (SSSR count). The van der Waals surface area contributed by atoms with Crippen molar-refractivity contribution in [1.82, 2.24) is 4.31 Å². The molecule has 0 aliphatic carbocycles. The summed E-state index contributed by atoms with van der Waals surface area (Å²) in [5, 5.41) is 0. The molecule has 1 amide bonds. The van der Waals surface area contributed by atoms with Crippen molar-refractivity contribution >= 4 is 43.2 Å². The molecule has 0 aliphatic rings. The highest BCUT2D eigenvalue weighted by atomic mass is 79.9. The third-order valence-corrected chi connectivity index (χ3v) is 6.28. The van der Waals surface area contributed by atoms with Gasteiger partial charge in [0.15, 0.2) is 0 Å². The van der Waals surface area contributed by atoms with E-state index in [0.29, 0.717) is 0 Å². The highest BCUT2D eigenvalue weighted by Gasteiger charge is 2.21. The molecule has 0 fully saturated rings. The van der Waals surface area contributed by atoms with Gasteiger partial charge in [-0.25, -0.2) is 8.42 Å². The number of thiophene rings is 1. The minimum absolute atomic E-state index is 0.130. The van der Waals surface area contributed by atoms with Gasteiger partial charge in [0.25, 0.3) is 0 Å². The molecule has 0 aliphatic heterocycles. The van der Waals surface area contributed by atoms with Gasteiger partial charge in [-0.1, -0.05) is 0 Å². The van der Waals surface area contributed by atoms with Crippen LogP contribution in [-0.2, 0) is 16.6 Å². The molecule has 1 aromatic heterocycles. The van der Waals surface area contributed by atoms with E-state index in [9.17, 15) is 13.2 Å². The number of hydrogen-bond acceptors (Lipinski definition) is 4. The number of nitrogens with zero attached hydrogens (tertiary/aromatic N) is 1. The lowest BCUT2D eigenvalue weighted by Gasteiger charge is -2.16. The zero-order valence-corrected chi connectivity index (χ0v) is 14.3. The predicted octanol–water partition coefficient (Wildman–Crippen LogP) is 2.43. The van der Waals surface area contributed by atoms with Crippen LogP contribution in [0.5, 0.6) is 0 Å². The summed E-state index contributed by atoms with van der Waals surface area (Å²) in [5.41, 5.74) is 5.41. The predicted molar refractivity (Wildman–Crippen MR) is 85.6 cm³/mol. The second-order valence-corrected chi connectivity index (χ2v) is 8.95. The van der Waals surface area contributed by atoms with Gasteiger partial charge in [-0.05, 0) is 52.3 Å². The SMILES string of the molecule is CN(Cc1ccc(Br)s1)S(=O)(=O)c1ccc(C(N)=O)cc1. The van der Waals surface area contributed by atoms with Crippen molar-refractivity contribution in [2.45, 2.75) is 11.4 Å². The van der Waals surface area contributed by atoms with E-state index in [2.05, 4.69) is 15.9 Å². The molecule has 2 N–H and O–H groups in total. The Morgan fingerprint density at radius 3 is 2.33 bits per heavy atom.